The standard InChI is InChI=1S/C26H47N/c1-22(2,3)20-9-8-19(12-20)13-24(6,7)26-16-25(17-26,18-26)15-23(4,5)21-10-11-27-14-21/h19-21,27H,8-18H2,1-7H3. The van der Waals surface area contributed by atoms with Crippen molar-refractivity contribution < 1.29 is 0 Å². The lowest BCUT2D eigenvalue weighted by Crippen LogP contribution is -2.68. The summed E-state index contributed by atoms with van der Waals surface area (Å²) in [5.74, 6) is 2.86. The molecular weight excluding hydrogens is 326 g/mol. The minimum Gasteiger partial charge on any atom is -0.316 e. The Hall–Kier alpha value is -0.0400. The molecule has 1 N–H and O–H groups in total. The fourth-order valence-electron chi connectivity index (χ4n) is 8.32. The van der Waals surface area contributed by atoms with Crippen molar-refractivity contribution >= 4 is 0 Å². The minimum atomic E-state index is 0.514. The highest BCUT2D eigenvalue weighted by Crippen LogP contribution is 2.82. The highest BCUT2D eigenvalue weighted by Gasteiger charge is 2.72. The molecule has 0 aromatic heterocycles. The number of rotatable bonds is 6. The first-order chi connectivity index (χ1) is 12.4. The Morgan fingerprint density at radius 2 is 1.52 bits per heavy atom. The third-order valence-corrected chi connectivity index (χ3v) is 10.1. The van der Waals surface area contributed by atoms with Crippen LogP contribution in [0, 0.1) is 44.8 Å². The Balaban J connectivity index is 1.31. The zero-order valence-electron chi connectivity index (χ0n) is 19.5. The first-order valence-electron chi connectivity index (χ1n) is 12.1. The summed E-state index contributed by atoms with van der Waals surface area (Å²) in [6, 6.07) is 0. The second kappa shape index (κ2) is 6.23. The number of hydrogen-bond donors (Lipinski definition) is 1. The molecule has 3 atom stereocenters. The van der Waals surface area contributed by atoms with E-state index in [-0.39, 0.29) is 0 Å². The molecule has 1 nitrogen and oxygen atoms in total. The summed E-state index contributed by atoms with van der Waals surface area (Å²) < 4.78 is 0. The van der Waals surface area contributed by atoms with Crippen LogP contribution in [0.25, 0.3) is 0 Å². The third kappa shape index (κ3) is 3.43. The van der Waals surface area contributed by atoms with Crippen LogP contribution in [0.1, 0.15) is 106 Å². The van der Waals surface area contributed by atoms with Crippen LogP contribution in [0.5, 0.6) is 0 Å². The molecule has 1 aliphatic heterocycles. The second-order valence-electron chi connectivity index (χ2n) is 14.0. The van der Waals surface area contributed by atoms with Gasteiger partial charge in [-0.25, -0.2) is 0 Å². The molecular formula is C26H47N. The Kier molecular flexibility index (Phi) is 4.67. The van der Waals surface area contributed by atoms with E-state index in [2.05, 4.69) is 53.8 Å². The maximum absolute atomic E-state index is 3.60. The molecule has 0 radical (unpaired) electrons. The largest absolute Gasteiger partial charge is 0.316 e. The van der Waals surface area contributed by atoms with Crippen molar-refractivity contribution in [3.05, 3.63) is 0 Å². The topological polar surface area (TPSA) is 12.0 Å². The molecule has 0 spiro atoms. The van der Waals surface area contributed by atoms with Gasteiger partial charge in [-0.2, -0.15) is 0 Å². The van der Waals surface area contributed by atoms with Gasteiger partial charge in [0, 0.05) is 0 Å². The summed E-state index contributed by atoms with van der Waals surface area (Å²) in [6.07, 6.45) is 13.5. The Morgan fingerprint density at radius 1 is 0.852 bits per heavy atom. The summed E-state index contributed by atoms with van der Waals surface area (Å²) in [5.41, 5.74) is 3.04. The van der Waals surface area contributed by atoms with Gasteiger partial charge in [0.2, 0.25) is 0 Å². The van der Waals surface area contributed by atoms with Crippen LogP contribution in [0.15, 0.2) is 0 Å². The Bertz CT molecular complexity index is 537. The molecule has 5 rings (SSSR count). The molecule has 2 bridgehead atoms. The fraction of sp³-hybridized carbons (Fsp3) is 1.00. The average molecular weight is 374 g/mol. The molecule has 1 saturated heterocycles. The Labute approximate surface area is 169 Å². The molecule has 4 aliphatic carbocycles. The van der Waals surface area contributed by atoms with Crippen molar-refractivity contribution in [1.29, 1.82) is 0 Å². The normalized spacial score (nSPS) is 42.1. The van der Waals surface area contributed by atoms with Crippen molar-refractivity contribution in [2.45, 2.75) is 106 Å². The van der Waals surface area contributed by atoms with Gasteiger partial charge < -0.3 is 5.32 Å². The monoisotopic (exact) mass is 373 g/mol. The van der Waals surface area contributed by atoms with Gasteiger partial charge in [0.15, 0.2) is 0 Å². The summed E-state index contributed by atoms with van der Waals surface area (Å²) >= 11 is 0. The molecule has 1 heteroatoms. The lowest BCUT2D eigenvalue weighted by Gasteiger charge is -2.78. The van der Waals surface area contributed by atoms with E-state index in [1.54, 1.807) is 19.3 Å². The second-order valence-corrected chi connectivity index (χ2v) is 14.0. The van der Waals surface area contributed by atoms with E-state index < -0.39 is 0 Å². The predicted octanol–water partition coefficient (Wildman–Crippen LogP) is 7.06. The third-order valence-electron chi connectivity index (χ3n) is 10.1. The van der Waals surface area contributed by atoms with Crippen LogP contribution in [-0.4, -0.2) is 13.1 Å². The first-order valence-corrected chi connectivity index (χ1v) is 12.1. The lowest BCUT2D eigenvalue weighted by molar-refractivity contribution is -0.281. The van der Waals surface area contributed by atoms with Gasteiger partial charge in [-0.15, -0.1) is 0 Å². The molecule has 27 heavy (non-hydrogen) atoms. The highest BCUT2D eigenvalue weighted by atomic mass is 14.9. The van der Waals surface area contributed by atoms with Crippen LogP contribution in [0.4, 0.5) is 0 Å². The van der Waals surface area contributed by atoms with Crippen molar-refractivity contribution in [2.24, 2.45) is 44.8 Å². The minimum absolute atomic E-state index is 0.514. The average Bonchev–Trinajstić information content (AvgIpc) is 3.10. The van der Waals surface area contributed by atoms with E-state index in [1.807, 2.05) is 0 Å². The van der Waals surface area contributed by atoms with E-state index >= 15 is 0 Å². The number of nitrogens with one attached hydrogen (secondary N) is 1. The van der Waals surface area contributed by atoms with Crippen molar-refractivity contribution in [2.75, 3.05) is 13.1 Å². The summed E-state index contributed by atoms with van der Waals surface area (Å²) in [7, 11) is 0. The summed E-state index contributed by atoms with van der Waals surface area (Å²) in [4.78, 5) is 0. The summed E-state index contributed by atoms with van der Waals surface area (Å²) in [5, 5.41) is 3.60. The van der Waals surface area contributed by atoms with Crippen molar-refractivity contribution in [3.8, 4) is 0 Å². The van der Waals surface area contributed by atoms with Gasteiger partial charge in [0.1, 0.15) is 0 Å². The molecule has 4 saturated carbocycles. The molecule has 156 valence electrons. The van der Waals surface area contributed by atoms with Crippen LogP contribution in [0.2, 0.25) is 0 Å². The number of hydrogen-bond acceptors (Lipinski definition) is 1. The molecule has 5 aliphatic rings. The van der Waals surface area contributed by atoms with Crippen molar-refractivity contribution in [1.82, 2.24) is 5.32 Å². The van der Waals surface area contributed by atoms with Gasteiger partial charge in [-0.05, 0) is 109 Å². The van der Waals surface area contributed by atoms with E-state index in [4.69, 9.17) is 0 Å². The zero-order chi connectivity index (χ0) is 19.7. The van der Waals surface area contributed by atoms with E-state index in [0.29, 0.717) is 21.7 Å². The van der Waals surface area contributed by atoms with E-state index in [1.165, 1.54) is 51.6 Å². The van der Waals surface area contributed by atoms with E-state index in [0.717, 1.165) is 23.2 Å². The van der Waals surface area contributed by atoms with Crippen LogP contribution in [-0.2, 0) is 0 Å². The van der Waals surface area contributed by atoms with Gasteiger partial charge in [0.05, 0.1) is 0 Å². The van der Waals surface area contributed by atoms with E-state index in [9.17, 15) is 0 Å². The predicted molar refractivity (Wildman–Crippen MR) is 117 cm³/mol. The summed E-state index contributed by atoms with van der Waals surface area (Å²) in [6.45, 7) is 20.3. The van der Waals surface area contributed by atoms with Crippen LogP contribution < -0.4 is 5.32 Å². The molecule has 0 amide bonds. The maximum atomic E-state index is 3.60. The van der Waals surface area contributed by atoms with Crippen LogP contribution >= 0.6 is 0 Å². The molecule has 5 fully saturated rings. The SMILES string of the molecule is CC(C)(C)C1CCC(CC(C)(C)C23CC(CC(C)(C)C4CCNC4)(C2)C3)C1. The quantitative estimate of drug-likeness (QED) is 0.525. The van der Waals surface area contributed by atoms with Gasteiger partial charge in [-0.3, -0.25) is 0 Å². The maximum Gasteiger partial charge on any atom is -0.00149 e. The first kappa shape index (κ1) is 20.2. The molecule has 1 heterocycles. The highest BCUT2D eigenvalue weighted by molar-refractivity contribution is 5.22. The molecule has 0 aromatic carbocycles. The van der Waals surface area contributed by atoms with Gasteiger partial charge in [0.25, 0.3) is 0 Å². The molecule has 0 aromatic rings. The molecule has 3 unspecified atom stereocenters. The smallest absolute Gasteiger partial charge is 0.00149 e. The Morgan fingerprint density at radius 3 is 2.04 bits per heavy atom. The zero-order valence-corrected chi connectivity index (χ0v) is 19.5. The van der Waals surface area contributed by atoms with Gasteiger partial charge >= 0.3 is 0 Å². The van der Waals surface area contributed by atoms with Crippen LogP contribution in [0.3, 0.4) is 0 Å². The fourth-order valence-corrected chi connectivity index (χ4v) is 8.32. The lowest BCUT2D eigenvalue weighted by atomic mass is 9.27. The van der Waals surface area contributed by atoms with Crippen molar-refractivity contribution in [3.63, 3.8) is 0 Å². The van der Waals surface area contributed by atoms with Gasteiger partial charge in [-0.1, -0.05) is 54.9 Å².